The summed E-state index contributed by atoms with van der Waals surface area (Å²) < 4.78 is 53.2. The molecule has 2 rings (SSSR count). The number of nitrogens with one attached hydrogen (secondary N) is 3. The van der Waals surface area contributed by atoms with Crippen LogP contribution in [0.2, 0.25) is 0 Å². The van der Waals surface area contributed by atoms with E-state index in [2.05, 4.69) is 25.3 Å². The summed E-state index contributed by atoms with van der Waals surface area (Å²) in [5.41, 5.74) is 0.557. The average Bonchev–Trinajstić information content (AvgIpc) is 2.68. The quantitative estimate of drug-likeness (QED) is 0.208. The van der Waals surface area contributed by atoms with Crippen LogP contribution in [0, 0.1) is 11.6 Å². The second kappa shape index (κ2) is 12.0. The zero-order chi connectivity index (χ0) is 20.6. The molecular weight excluding hydrogens is 515 g/mol. The van der Waals surface area contributed by atoms with Crippen molar-refractivity contribution in [3.8, 4) is 0 Å². The maximum Gasteiger partial charge on any atom is 0.242 e. The minimum absolute atomic E-state index is 0. The maximum atomic E-state index is 13.4. The molecule has 0 spiro atoms. The van der Waals surface area contributed by atoms with E-state index in [9.17, 15) is 17.2 Å². The SMILES string of the molecule is CCNC(=NCCNS(=O)(=O)c1cccnc1)NC(C)c1ccc(F)c(F)c1.I. The van der Waals surface area contributed by atoms with Crippen molar-refractivity contribution < 1.29 is 17.2 Å². The van der Waals surface area contributed by atoms with E-state index in [1.165, 1.54) is 24.5 Å². The lowest BCUT2D eigenvalue weighted by Gasteiger charge is -2.18. The molecule has 1 heterocycles. The molecule has 11 heteroatoms. The van der Waals surface area contributed by atoms with Crippen LogP contribution >= 0.6 is 24.0 Å². The van der Waals surface area contributed by atoms with E-state index in [1.807, 2.05) is 6.92 Å². The normalized spacial score (nSPS) is 12.8. The molecule has 3 N–H and O–H groups in total. The first-order valence-electron chi connectivity index (χ1n) is 8.73. The summed E-state index contributed by atoms with van der Waals surface area (Å²) in [5, 5.41) is 6.10. The van der Waals surface area contributed by atoms with Crippen molar-refractivity contribution in [2.75, 3.05) is 19.6 Å². The van der Waals surface area contributed by atoms with E-state index < -0.39 is 21.7 Å². The average molecular weight is 539 g/mol. The monoisotopic (exact) mass is 539 g/mol. The van der Waals surface area contributed by atoms with Gasteiger partial charge in [0, 0.05) is 25.5 Å². The van der Waals surface area contributed by atoms with Gasteiger partial charge >= 0.3 is 0 Å². The number of rotatable bonds is 8. The van der Waals surface area contributed by atoms with Gasteiger partial charge in [-0.1, -0.05) is 6.07 Å². The Bertz CT molecular complexity index is 914. The van der Waals surface area contributed by atoms with Crippen molar-refractivity contribution in [3.63, 3.8) is 0 Å². The number of guanidine groups is 1. The van der Waals surface area contributed by atoms with Crippen LogP contribution in [0.25, 0.3) is 0 Å². The summed E-state index contributed by atoms with van der Waals surface area (Å²) in [6.07, 6.45) is 2.76. The van der Waals surface area contributed by atoms with Gasteiger partial charge in [-0.2, -0.15) is 0 Å². The fourth-order valence-corrected chi connectivity index (χ4v) is 3.31. The van der Waals surface area contributed by atoms with Gasteiger partial charge in [0.15, 0.2) is 17.6 Å². The van der Waals surface area contributed by atoms with Crippen LogP contribution in [0.15, 0.2) is 52.6 Å². The van der Waals surface area contributed by atoms with E-state index in [0.717, 1.165) is 12.1 Å². The molecular formula is C18H24F2IN5O2S. The number of pyridine rings is 1. The predicted molar refractivity (Wildman–Crippen MR) is 119 cm³/mol. The van der Waals surface area contributed by atoms with Crippen LogP contribution < -0.4 is 15.4 Å². The first-order valence-corrected chi connectivity index (χ1v) is 10.2. The van der Waals surface area contributed by atoms with Crippen molar-refractivity contribution in [1.29, 1.82) is 0 Å². The molecule has 2 aromatic rings. The zero-order valence-electron chi connectivity index (χ0n) is 16.0. The molecule has 0 aliphatic heterocycles. The first kappa shape index (κ1) is 25.2. The number of halogens is 3. The van der Waals surface area contributed by atoms with E-state index in [1.54, 1.807) is 13.0 Å². The fourth-order valence-electron chi connectivity index (χ4n) is 2.33. The van der Waals surface area contributed by atoms with Gasteiger partial charge in [0.05, 0.1) is 12.6 Å². The van der Waals surface area contributed by atoms with Gasteiger partial charge in [0.2, 0.25) is 10.0 Å². The Morgan fingerprint density at radius 3 is 2.62 bits per heavy atom. The Balaban J connectivity index is 0.00000420. The molecule has 7 nitrogen and oxygen atoms in total. The smallest absolute Gasteiger partial charge is 0.242 e. The van der Waals surface area contributed by atoms with Crippen LogP contribution in [0.4, 0.5) is 8.78 Å². The Labute approximate surface area is 186 Å². The van der Waals surface area contributed by atoms with Crippen molar-refractivity contribution in [1.82, 2.24) is 20.3 Å². The van der Waals surface area contributed by atoms with Gasteiger partial charge in [0.25, 0.3) is 0 Å². The molecule has 0 aliphatic carbocycles. The molecule has 1 unspecified atom stereocenters. The third kappa shape index (κ3) is 7.82. The largest absolute Gasteiger partial charge is 0.357 e. The highest BCUT2D eigenvalue weighted by molar-refractivity contribution is 14.0. The summed E-state index contributed by atoms with van der Waals surface area (Å²) in [6.45, 7) is 4.51. The van der Waals surface area contributed by atoms with Crippen LogP contribution in [0.1, 0.15) is 25.5 Å². The van der Waals surface area contributed by atoms with Crippen molar-refractivity contribution >= 4 is 40.0 Å². The topological polar surface area (TPSA) is 95.5 Å². The summed E-state index contributed by atoms with van der Waals surface area (Å²) >= 11 is 0. The molecule has 0 amide bonds. The lowest BCUT2D eigenvalue weighted by atomic mass is 10.1. The molecule has 1 atom stereocenters. The van der Waals surface area contributed by atoms with E-state index in [4.69, 9.17) is 0 Å². The van der Waals surface area contributed by atoms with E-state index in [-0.39, 0.29) is 48.0 Å². The molecule has 0 aliphatic rings. The standard InChI is InChI=1S/C18H23F2N5O2S.HI/c1-3-22-18(25-13(2)14-6-7-16(19)17(20)11-14)23-9-10-24-28(26,27)15-5-4-8-21-12-15;/h4-8,11-13,24H,3,9-10H2,1-2H3,(H2,22,23,25);1H. The van der Waals surface area contributed by atoms with Gasteiger partial charge in [-0.15, -0.1) is 24.0 Å². The predicted octanol–water partition coefficient (Wildman–Crippen LogP) is 2.57. The Morgan fingerprint density at radius 1 is 1.24 bits per heavy atom. The molecule has 0 radical (unpaired) electrons. The molecule has 1 aromatic heterocycles. The van der Waals surface area contributed by atoms with Crippen LogP contribution in [-0.2, 0) is 10.0 Å². The van der Waals surface area contributed by atoms with Crippen LogP contribution in [0.5, 0.6) is 0 Å². The number of benzene rings is 1. The highest BCUT2D eigenvalue weighted by atomic mass is 127. The molecule has 1 aromatic carbocycles. The Morgan fingerprint density at radius 2 is 2.00 bits per heavy atom. The number of nitrogens with zero attached hydrogens (tertiary/aromatic N) is 2. The maximum absolute atomic E-state index is 13.4. The highest BCUT2D eigenvalue weighted by Gasteiger charge is 2.13. The molecule has 0 bridgehead atoms. The Kier molecular flexibility index (Phi) is 10.4. The van der Waals surface area contributed by atoms with Crippen molar-refractivity contribution in [2.45, 2.75) is 24.8 Å². The number of aliphatic imine (C=N–C) groups is 1. The van der Waals surface area contributed by atoms with Gasteiger partial charge in [-0.25, -0.2) is 21.9 Å². The zero-order valence-corrected chi connectivity index (χ0v) is 19.2. The fraction of sp³-hybridized carbons (Fsp3) is 0.333. The van der Waals surface area contributed by atoms with E-state index in [0.29, 0.717) is 18.1 Å². The number of hydrogen-bond donors (Lipinski definition) is 3. The molecule has 160 valence electrons. The summed E-state index contributed by atoms with van der Waals surface area (Å²) in [4.78, 5) is 8.17. The number of aromatic nitrogens is 1. The second-order valence-corrected chi connectivity index (χ2v) is 7.65. The molecule has 0 saturated carbocycles. The second-order valence-electron chi connectivity index (χ2n) is 5.89. The van der Waals surface area contributed by atoms with Gasteiger partial charge in [-0.05, 0) is 43.7 Å². The molecule has 29 heavy (non-hydrogen) atoms. The molecule has 0 saturated heterocycles. The Hall–Kier alpha value is -1.86. The minimum Gasteiger partial charge on any atom is -0.357 e. The van der Waals surface area contributed by atoms with Crippen LogP contribution in [0.3, 0.4) is 0 Å². The van der Waals surface area contributed by atoms with Gasteiger partial charge in [0.1, 0.15) is 4.90 Å². The van der Waals surface area contributed by atoms with Crippen molar-refractivity contribution in [3.05, 3.63) is 59.9 Å². The molecule has 0 fully saturated rings. The lowest BCUT2D eigenvalue weighted by molar-refractivity contribution is 0.504. The first-order chi connectivity index (χ1) is 13.3. The lowest BCUT2D eigenvalue weighted by Crippen LogP contribution is -2.39. The van der Waals surface area contributed by atoms with Crippen LogP contribution in [-0.4, -0.2) is 39.0 Å². The third-order valence-corrected chi connectivity index (χ3v) is 5.21. The number of hydrogen-bond acceptors (Lipinski definition) is 4. The van der Waals surface area contributed by atoms with Crippen molar-refractivity contribution in [2.24, 2.45) is 4.99 Å². The summed E-state index contributed by atoms with van der Waals surface area (Å²) in [5.74, 6) is -1.39. The van der Waals surface area contributed by atoms with Gasteiger partial charge in [-0.3, -0.25) is 9.98 Å². The van der Waals surface area contributed by atoms with Gasteiger partial charge < -0.3 is 10.6 Å². The number of sulfonamides is 1. The third-order valence-electron chi connectivity index (χ3n) is 3.76. The summed E-state index contributed by atoms with van der Waals surface area (Å²) in [7, 11) is -3.65. The summed E-state index contributed by atoms with van der Waals surface area (Å²) in [6, 6.07) is 6.34. The van der Waals surface area contributed by atoms with E-state index >= 15 is 0 Å². The minimum atomic E-state index is -3.65. The highest BCUT2D eigenvalue weighted by Crippen LogP contribution is 2.15.